The van der Waals surface area contributed by atoms with Crippen LogP contribution in [0.2, 0.25) is 0 Å². The SMILES string of the molecule is c1ccc(-c2c(N(c3ccc4c(c3)C3(c5ccccc5-c5ccccc53)c3ccccc3-4)c3ccccc3-c3cccc4c3sc3ccccc34)ccc3ccccc23)cc1. The molecule has 1 heterocycles. The molecule has 0 aliphatic heterocycles. The summed E-state index contributed by atoms with van der Waals surface area (Å²) in [7, 11) is 0. The average Bonchev–Trinajstić information content (AvgIpc) is 3.96. The summed E-state index contributed by atoms with van der Waals surface area (Å²) < 4.78 is 2.61. The van der Waals surface area contributed by atoms with Gasteiger partial charge >= 0.3 is 0 Å². The van der Waals surface area contributed by atoms with Crippen molar-refractivity contribution in [3.8, 4) is 44.5 Å². The summed E-state index contributed by atoms with van der Waals surface area (Å²) in [6.45, 7) is 0. The van der Waals surface area contributed by atoms with Gasteiger partial charge in [-0.15, -0.1) is 11.3 Å². The van der Waals surface area contributed by atoms with Crippen LogP contribution in [0.4, 0.5) is 17.1 Å². The van der Waals surface area contributed by atoms with Gasteiger partial charge in [0.1, 0.15) is 0 Å². The Labute approximate surface area is 359 Å². The van der Waals surface area contributed by atoms with Crippen molar-refractivity contribution in [1.82, 2.24) is 0 Å². The third-order valence-electron chi connectivity index (χ3n) is 13.3. The molecule has 1 aromatic heterocycles. The summed E-state index contributed by atoms with van der Waals surface area (Å²) in [5, 5.41) is 5.05. The Morgan fingerprint density at radius 1 is 0.344 bits per heavy atom. The van der Waals surface area contributed by atoms with Crippen molar-refractivity contribution in [2.24, 2.45) is 0 Å². The van der Waals surface area contributed by atoms with Crippen LogP contribution in [0.1, 0.15) is 22.3 Å². The Morgan fingerprint density at radius 3 is 1.64 bits per heavy atom. The lowest BCUT2D eigenvalue weighted by atomic mass is 9.70. The van der Waals surface area contributed by atoms with Crippen molar-refractivity contribution in [2.75, 3.05) is 4.90 Å². The van der Waals surface area contributed by atoms with Crippen molar-refractivity contribution in [3.63, 3.8) is 0 Å². The highest BCUT2D eigenvalue weighted by Gasteiger charge is 2.51. The predicted octanol–water partition coefficient (Wildman–Crippen LogP) is 16.4. The standard InChI is InChI=1S/C59H37NS/c1-2-18-39(19-3-1)57-41-20-5-4-17-38(41)33-36-55(57)60(54-31-14-9-24-46(54)48-26-16-27-49-47-25-10-15-32-56(47)61-58(48)49)40-34-35-45-44-23-8-13-30-52(44)59(53(45)37-40)50-28-11-6-21-42(50)43-22-7-12-29-51(43)59/h1-37H. The Balaban J connectivity index is 1.14. The van der Waals surface area contributed by atoms with Gasteiger partial charge in [0.05, 0.1) is 16.8 Å². The maximum Gasteiger partial charge on any atom is 0.0726 e. The molecular weight excluding hydrogens is 755 g/mol. The quantitative estimate of drug-likeness (QED) is 0.168. The molecule has 1 spiro atoms. The van der Waals surface area contributed by atoms with E-state index in [2.05, 4.69) is 229 Å². The molecule has 0 saturated heterocycles. The molecule has 2 aliphatic rings. The van der Waals surface area contributed by atoms with Crippen LogP contribution < -0.4 is 4.90 Å². The molecule has 10 aromatic carbocycles. The molecule has 2 heteroatoms. The van der Waals surface area contributed by atoms with E-state index in [9.17, 15) is 0 Å². The first-order chi connectivity index (χ1) is 30.3. The average molecular weight is 792 g/mol. The van der Waals surface area contributed by atoms with Crippen LogP contribution in [-0.2, 0) is 5.41 Å². The third kappa shape index (κ3) is 4.83. The van der Waals surface area contributed by atoms with Crippen molar-refractivity contribution < 1.29 is 0 Å². The number of rotatable bonds is 5. The van der Waals surface area contributed by atoms with Crippen molar-refractivity contribution in [2.45, 2.75) is 5.41 Å². The van der Waals surface area contributed by atoms with E-state index in [4.69, 9.17) is 0 Å². The highest BCUT2D eigenvalue weighted by Crippen LogP contribution is 2.63. The van der Waals surface area contributed by atoms with Crippen LogP contribution >= 0.6 is 11.3 Å². The summed E-state index contributed by atoms with van der Waals surface area (Å²) >= 11 is 1.89. The van der Waals surface area contributed by atoms with E-state index in [-0.39, 0.29) is 0 Å². The summed E-state index contributed by atoms with van der Waals surface area (Å²) in [5.74, 6) is 0. The Hall–Kier alpha value is -7.52. The molecule has 0 radical (unpaired) electrons. The summed E-state index contributed by atoms with van der Waals surface area (Å²) in [5.41, 5.74) is 18.3. The number of nitrogens with zero attached hydrogens (tertiary/aromatic N) is 1. The largest absolute Gasteiger partial charge is 0.309 e. The van der Waals surface area contributed by atoms with Gasteiger partial charge < -0.3 is 4.90 Å². The van der Waals surface area contributed by atoms with E-state index in [0.29, 0.717) is 0 Å². The van der Waals surface area contributed by atoms with Gasteiger partial charge in [-0.2, -0.15) is 0 Å². The summed E-state index contributed by atoms with van der Waals surface area (Å²) in [6.07, 6.45) is 0. The molecule has 2 aliphatic carbocycles. The lowest BCUT2D eigenvalue weighted by molar-refractivity contribution is 0.793. The first-order valence-corrected chi connectivity index (χ1v) is 21.9. The Bertz CT molecular complexity index is 3490. The molecule has 0 atom stereocenters. The second kappa shape index (κ2) is 13.2. The highest BCUT2D eigenvalue weighted by molar-refractivity contribution is 7.26. The van der Waals surface area contributed by atoms with Crippen LogP contribution in [0, 0.1) is 0 Å². The number of anilines is 3. The van der Waals surface area contributed by atoms with Crippen LogP contribution in [0.25, 0.3) is 75.5 Å². The number of fused-ring (bicyclic) bond motifs is 14. The first-order valence-electron chi connectivity index (χ1n) is 21.1. The van der Waals surface area contributed by atoms with E-state index in [0.717, 1.165) is 17.1 Å². The number of hydrogen-bond donors (Lipinski definition) is 0. The molecule has 0 unspecified atom stereocenters. The van der Waals surface area contributed by atoms with Gasteiger partial charge in [0.25, 0.3) is 0 Å². The minimum atomic E-state index is -0.464. The zero-order valence-corrected chi connectivity index (χ0v) is 34.0. The molecular formula is C59H37NS. The number of benzene rings is 10. The zero-order valence-electron chi connectivity index (χ0n) is 33.2. The molecule has 284 valence electrons. The number of thiophene rings is 1. The molecule has 13 rings (SSSR count). The molecule has 0 bridgehead atoms. The maximum atomic E-state index is 2.56. The Morgan fingerprint density at radius 2 is 0.902 bits per heavy atom. The lowest BCUT2D eigenvalue weighted by Crippen LogP contribution is -2.26. The number of hydrogen-bond acceptors (Lipinski definition) is 2. The van der Waals surface area contributed by atoms with E-state index >= 15 is 0 Å². The topological polar surface area (TPSA) is 3.24 Å². The summed E-state index contributed by atoms with van der Waals surface area (Å²) in [4.78, 5) is 2.56. The fourth-order valence-electron chi connectivity index (χ4n) is 10.8. The van der Waals surface area contributed by atoms with Crippen molar-refractivity contribution in [3.05, 3.63) is 247 Å². The van der Waals surface area contributed by atoms with E-state index in [1.165, 1.54) is 97.7 Å². The van der Waals surface area contributed by atoms with Gasteiger partial charge in [-0.05, 0) is 91.2 Å². The smallest absolute Gasteiger partial charge is 0.0726 e. The summed E-state index contributed by atoms with van der Waals surface area (Å²) in [6, 6.07) is 83.6. The van der Waals surface area contributed by atoms with Gasteiger partial charge in [-0.1, -0.05) is 194 Å². The highest BCUT2D eigenvalue weighted by atomic mass is 32.1. The molecule has 61 heavy (non-hydrogen) atoms. The van der Waals surface area contributed by atoms with Crippen LogP contribution in [0.3, 0.4) is 0 Å². The maximum absolute atomic E-state index is 2.56. The van der Waals surface area contributed by atoms with Crippen LogP contribution in [-0.4, -0.2) is 0 Å². The van der Waals surface area contributed by atoms with E-state index in [1.807, 2.05) is 11.3 Å². The fourth-order valence-corrected chi connectivity index (χ4v) is 12.1. The van der Waals surface area contributed by atoms with Crippen molar-refractivity contribution in [1.29, 1.82) is 0 Å². The zero-order chi connectivity index (χ0) is 40.1. The van der Waals surface area contributed by atoms with Gasteiger partial charge in [0.15, 0.2) is 0 Å². The third-order valence-corrected chi connectivity index (χ3v) is 14.5. The minimum absolute atomic E-state index is 0.464. The Kier molecular flexibility index (Phi) is 7.46. The molecule has 0 N–H and O–H groups in total. The van der Waals surface area contributed by atoms with Crippen LogP contribution in [0.5, 0.6) is 0 Å². The number of para-hydroxylation sites is 1. The fraction of sp³-hybridized carbons (Fsp3) is 0.0169. The van der Waals surface area contributed by atoms with Gasteiger partial charge in [0.2, 0.25) is 0 Å². The van der Waals surface area contributed by atoms with Gasteiger partial charge in [0, 0.05) is 42.6 Å². The molecule has 0 amide bonds. The monoisotopic (exact) mass is 791 g/mol. The normalized spacial score (nSPS) is 13.0. The molecule has 0 fully saturated rings. The van der Waals surface area contributed by atoms with E-state index in [1.54, 1.807) is 0 Å². The van der Waals surface area contributed by atoms with Gasteiger partial charge in [-0.3, -0.25) is 0 Å². The first kappa shape index (κ1) is 34.4. The van der Waals surface area contributed by atoms with E-state index < -0.39 is 5.41 Å². The van der Waals surface area contributed by atoms with Crippen LogP contribution in [0.15, 0.2) is 224 Å². The predicted molar refractivity (Wildman–Crippen MR) is 259 cm³/mol. The van der Waals surface area contributed by atoms with Crippen molar-refractivity contribution >= 4 is 59.3 Å². The minimum Gasteiger partial charge on any atom is -0.309 e. The molecule has 1 nitrogen and oxygen atoms in total. The molecule has 0 saturated carbocycles. The molecule has 11 aromatic rings. The lowest BCUT2D eigenvalue weighted by Gasteiger charge is -2.33. The second-order valence-electron chi connectivity index (χ2n) is 16.3. The second-order valence-corrected chi connectivity index (χ2v) is 17.3. The van der Waals surface area contributed by atoms with Gasteiger partial charge in [-0.25, -0.2) is 0 Å².